The van der Waals surface area contributed by atoms with Gasteiger partial charge >= 0.3 is 5.69 Å². The fraction of sp³-hybridized carbons (Fsp3) is 0.0455. The molecule has 6 nitrogen and oxygen atoms in total. The summed E-state index contributed by atoms with van der Waals surface area (Å²) >= 11 is 7.32. The third-order valence-electron chi connectivity index (χ3n) is 4.44. The summed E-state index contributed by atoms with van der Waals surface area (Å²) in [6, 6.07) is 13.6. The quantitative estimate of drug-likeness (QED) is 0.440. The number of fused-ring (bicyclic) bond motifs is 1. The number of nitrogens with zero attached hydrogens (tertiary/aromatic N) is 2. The molecule has 1 N–H and O–H groups in total. The summed E-state index contributed by atoms with van der Waals surface area (Å²) in [6.07, 6.45) is 4.28. The molecule has 0 fully saturated rings. The maximum absolute atomic E-state index is 13.9. The van der Waals surface area contributed by atoms with Gasteiger partial charge in [0.15, 0.2) is 11.6 Å². The topological polar surface area (TPSA) is 76.5 Å². The van der Waals surface area contributed by atoms with Gasteiger partial charge < -0.3 is 9.72 Å². The zero-order valence-electron chi connectivity index (χ0n) is 16.1. The molecule has 0 unspecified atom stereocenters. The number of rotatable bonds is 5. The van der Waals surface area contributed by atoms with E-state index >= 15 is 0 Å². The SMILES string of the molecule is COc1cc(-c2cc3[nH]c(=O)n(/C=C/N=Cc4ccccc4)c(=O)c3s2)c(Cl)cc1F. The number of halogens is 2. The van der Waals surface area contributed by atoms with Crippen LogP contribution in [-0.4, -0.2) is 22.9 Å². The van der Waals surface area contributed by atoms with Crippen LogP contribution in [0.15, 0.2) is 69.3 Å². The molecule has 2 aromatic carbocycles. The third kappa shape index (κ3) is 4.21. The number of aromatic amines is 1. The molecule has 0 amide bonds. The van der Waals surface area contributed by atoms with Crippen LogP contribution in [0.1, 0.15) is 5.56 Å². The summed E-state index contributed by atoms with van der Waals surface area (Å²) in [4.78, 5) is 32.6. The Labute approximate surface area is 184 Å². The average Bonchev–Trinajstić information content (AvgIpc) is 3.17. The van der Waals surface area contributed by atoms with Crippen molar-refractivity contribution >= 4 is 45.6 Å². The zero-order valence-corrected chi connectivity index (χ0v) is 17.7. The van der Waals surface area contributed by atoms with Crippen LogP contribution in [-0.2, 0) is 0 Å². The van der Waals surface area contributed by atoms with E-state index in [9.17, 15) is 14.0 Å². The molecule has 0 radical (unpaired) electrons. The van der Waals surface area contributed by atoms with Gasteiger partial charge in [0.1, 0.15) is 4.70 Å². The minimum Gasteiger partial charge on any atom is -0.494 e. The number of methoxy groups -OCH3 is 1. The summed E-state index contributed by atoms with van der Waals surface area (Å²) in [7, 11) is 1.35. The molecule has 0 aliphatic carbocycles. The number of hydrogen-bond acceptors (Lipinski definition) is 5. The summed E-state index contributed by atoms with van der Waals surface area (Å²) in [5.74, 6) is -0.559. The van der Waals surface area contributed by atoms with Crippen LogP contribution >= 0.6 is 22.9 Å². The van der Waals surface area contributed by atoms with Gasteiger partial charge in [0.05, 0.1) is 17.6 Å². The number of aromatic nitrogens is 2. The first-order valence-corrected chi connectivity index (χ1v) is 10.2. The standard InChI is InChI=1S/C22H15ClFN3O3S/c1-30-18-9-14(15(23)10-16(18)24)19-11-17-20(31-19)21(28)27(22(29)26-17)8-7-25-12-13-5-3-2-4-6-13/h2-12H,1H3,(H,26,29)/b8-7+,25-12?. The molecule has 0 aliphatic rings. The molecule has 0 saturated carbocycles. The van der Waals surface area contributed by atoms with Crippen LogP contribution in [0.5, 0.6) is 5.75 Å². The number of benzene rings is 2. The van der Waals surface area contributed by atoms with Crippen molar-refractivity contribution in [3.05, 3.63) is 92.0 Å². The molecule has 0 saturated heterocycles. The van der Waals surface area contributed by atoms with Gasteiger partial charge in [-0.05, 0) is 23.8 Å². The second-order valence-corrected chi connectivity index (χ2v) is 7.87. The lowest BCUT2D eigenvalue weighted by Crippen LogP contribution is -2.30. The lowest BCUT2D eigenvalue weighted by molar-refractivity contribution is 0.387. The van der Waals surface area contributed by atoms with Gasteiger partial charge in [-0.1, -0.05) is 41.9 Å². The van der Waals surface area contributed by atoms with Gasteiger partial charge in [-0.2, -0.15) is 0 Å². The van der Waals surface area contributed by atoms with Crippen molar-refractivity contribution in [3.8, 4) is 16.2 Å². The molecule has 4 rings (SSSR count). The molecule has 31 heavy (non-hydrogen) atoms. The molecule has 4 aromatic rings. The van der Waals surface area contributed by atoms with E-state index in [0.717, 1.165) is 27.5 Å². The van der Waals surface area contributed by atoms with E-state index < -0.39 is 17.1 Å². The molecule has 0 spiro atoms. The monoisotopic (exact) mass is 455 g/mol. The van der Waals surface area contributed by atoms with Crippen molar-refractivity contribution in [3.63, 3.8) is 0 Å². The Hall–Kier alpha value is -3.49. The Balaban J connectivity index is 1.73. The van der Waals surface area contributed by atoms with Crippen molar-refractivity contribution in [2.45, 2.75) is 0 Å². The van der Waals surface area contributed by atoms with Gasteiger partial charge in [0.2, 0.25) is 0 Å². The second-order valence-electron chi connectivity index (χ2n) is 6.41. The molecule has 9 heteroatoms. The van der Waals surface area contributed by atoms with E-state index in [1.54, 1.807) is 12.3 Å². The fourth-order valence-electron chi connectivity index (χ4n) is 2.94. The molecule has 156 valence electrons. The number of nitrogens with one attached hydrogen (secondary N) is 1. The average molecular weight is 456 g/mol. The first kappa shape index (κ1) is 20.8. The molecule has 0 atom stereocenters. The van der Waals surface area contributed by atoms with E-state index in [-0.39, 0.29) is 10.8 Å². The smallest absolute Gasteiger partial charge is 0.333 e. The Morgan fingerprint density at radius 3 is 2.71 bits per heavy atom. The van der Waals surface area contributed by atoms with E-state index in [1.165, 1.54) is 25.6 Å². The highest BCUT2D eigenvalue weighted by Crippen LogP contribution is 2.38. The number of hydrogen-bond donors (Lipinski definition) is 1. The summed E-state index contributed by atoms with van der Waals surface area (Å²) in [6.45, 7) is 0. The van der Waals surface area contributed by atoms with Crippen LogP contribution in [0.25, 0.3) is 26.9 Å². The Morgan fingerprint density at radius 1 is 1.19 bits per heavy atom. The second kappa shape index (κ2) is 8.71. The van der Waals surface area contributed by atoms with Gasteiger partial charge in [-0.15, -0.1) is 11.3 Å². The predicted octanol–water partition coefficient (Wildman–Crippen LogP) is 4.77. The minimum absolute atomic E-state index is 0.0296. The Bertz CT molecular complexity index is 1440. The van der Waals surface area contributed by atoms with Gasteiger partial charge in [-0.3, -0.25) is 9.79 Å². The van der Waals surface area contributed by atoms with Crippen molar-refractivity contribution in [2.75, 3.05) is 7.11 Å². The highest BCUT2D eigenvalue weighted by molar-refractivity contribution is 7.22. The number of H-pyrrole nitrogens is 1. The number of aliphatic imine (C=N–C) groups is 1. The van der Waals surface area contributed by atoms with Crippen LogP contribution in [0.2, 0.25) is 5.02 Å². The normalized spacial score (nSPS) is 11.7. The van der Waals surface area contributed by atoms with Crippen molar-refractivity contribution in [1.29, 1.82) is 0 Å². The van der Waals surface area contributed by atoms with Crippen LogP contribution in [0.4, 0.5) is 4.39 Å². The molecule has 2 heterocycles. The van der Waals surface area contributed by atoms with Gasteiger partial charge in [0, 0.05) is 29.1 Å². The van der Waals surface area contributed by atoms with Gasteiger partial charge in [0.25, 0.3) is 5.56 Å². The molecule has 2 aromatic heterocycles. The predicted molar refractivity (Wildman–Crippen MR) is 123 cm³/mol. The largest absolute Gasteiger partial charge is 0.494 e. The van der Waals surface area contributed by atoms with E-state index in [2.05, 4.69) is 9.98 Å². The van der Waals surface area contributed by atoms with Crippen molar-refractivity contribution in [2.24, 2.45) is 4.99 Å². The van der Waals surface area contributed by atoms with Gasteiger partial charge in [-0.25, -0.2) is 13.8 Å². The molecule has 0 bridgehead atoms. The van der Waals surface area contributed by atoms with Crippen LogP contribution in [0.3, 0.4) is 0 Å². The first-order valence-electron chi connectivity index (χ1n) is 9.04. The lowest BCUT2D eigenvalue weighted by Gasteiger charge is -2.06. The molecule has 0 aliphatic heterocycles. The van der Waals surface area contributed by atoms with E-state index in [1.807, 2.05) is 30.3 Å². The first-order chi connectivity index (χ1) is 15.0. The minimum atomic E-state index is -0.601. The highest BCUT2D eigenvalue weighted by Gasteiger charge is 2.16. The molecular weight excluding hydrogens is 441 g/mol. The van der Waals surface area contributed by atoms with Crippen molar-refractivity contribution in [1.82, 2.24) is 9.55 Å². The Morgan fingerprint density at radius 2 is 1.97 bits per heavy atom. The Kier molecular flexibility index (Phi) is 5.83. The van der Waals surface area contributed by atoms with E-state index in [4.69, 9.17) is 16.3 Å². The number of thiophene rings is 1. The third-order valence-corrected chi connectivity index (χ3v) is 5.91. The molecular formula is C22H15ClFN3O3S. The van der Waals surface area contributed by atoms with E-state index in [0.29, 0.717) is 20.7 Å². The maximum Gasteiger partial charge on any atom is 0.333 e. The zero-order chi connectivity index (χ0) is 22.0. The summed E-state index contributed by atoms with van der Waals surface area (Å²) in [5, 5.41) is 0.169. The highest BCUT2D eigenvalue weighted by atomic mass is 35.5. The van der Waals surface area contributed by atoms with Crippen LogP contribution in [0, 0.1) is 5.82 Å². The van der Waals surface area contributed by atoms with Crippen LogP contribution < -0.4 is 16.0 Å². The summed E-state index contributed by atoms with van der Waals surface area (Å²) < 4.78 is 20.1. The lowest BCUT2D eigenvalue weighted by atomic mass is 10.1. The summed E-state index contributed by atoms with van der Waals surface area (Å²) in [5.41, 5.74) is 0.656. The number of ether oxygens (including phenoxy) is 1. The van der Waals surface area contributed by atoms with Crippen molar-refractivity contribution < 1.29 is 9.13 Å². The fourth-order valence-corrected chi connectivity index (χ4v) is 4.32. The maximum atomic E-state index is 13.9.